The number of fused-ring (bicyclic) bond motifs is 1. The zero-order valence-electron chi connectivity index (χ0n) is 8.20. The number of aromatic nitrogens is 2. The van der Waals surface area contributed by atoms with Crippen molar-refractivity contribution in [3.63, 3.8) is 0 Å². The lowest BCUT2D eigenvalue weighted by molar-refractivity contribution is 0.673. The fourth-order valence-corrected chi connectivity index (χ4v) is 1.69. The van der Waals surface area contributed by atoms with Crippen LogP contribution in [0.3, 0.4) is 0 Å². The highest BCUT2D eigenvalue weighted by Gasteiger charge is 2.07. The third-order valence-corrected chi connectivity index (χ3v) is 2.48. The Labute approximate surface area is 91.3 Å². The van der Waals surface area contributed by atoms with Gasteiger partial charge in [-0.1, -0.05) is 11.6 Å². The van der Waals surface area contributed by atoms with Crippen molar-refractivity contribution in [2.45, 2.75) is 13.5 Å². The highest BCUT2D eigenvalue weighted by Crippen LogP contribution is 2.16. The summed E-state index contributed by atoms with van der Waals surface area (Å²) in [5, 5.41) is 5.11. The van der Waals surface area contributed by atoms with Crippen LogP contribution in [-0.2, 0) is 6.54 Å². The number of hydrogen-bond acceptors (Lipinski definition) is 3. The number of rotatable bonds is 1. The van der Waals surface area contributed by atoms with Crippen LogP contribution in [0.15, 0.2) is 23.0 Å². The van der Waals surface area contributed by atoms with Crippen molar-refractivity contribution in [1.29, 1.82) is 0 Å². The van der Waals surface area contributed by atoms with Gasteiger partial charge in [-0.2, -0.15) is 5.10 Å². The van der Waals surface area contributed by atoms with Crippen molar-refractivity contribution in [2.75, 3.05) is 5.73 Å². The van der Waals surface area contributed by atoms with Crippen LogP contribution in [0.4, 0.5) is 5.82 Å². The molecule has 0 radical (unpaired) electrons. The van der Waals surface area contributed by atoms with Crippen molar-refractivity contribution in [3.05, 3.63) is 33.4 Å². The van der Waals surface area contributed by atoms with E-state index in [9.17, 15) is 4.79 Å². The molecule has 0 aliphatic heterocycles. The number of halogens is 1. The second kappa shape index (κ2) is 3.55. The minimum Gasteiger partial charge on any atom is -0.379 e. The van der Waals surface area contributed by atoms with Crippen LogP contribution in [0.25, 0.3) is 10.9 Å². The van der Waals surface area contributed by atoms with E-state index >= 15 is 0 Å². The molecule has 0 saturated carbocycles. The van der Waals surface area contributed by atoms with Gasteiger partial charge in [-0.05, 0) is 25.1 Å². The van der Waals surface area contributed by atoms with E-state index in [-0.39, 0.29) is 11.2 Å². The van der Waals surface area contributed by atoms with Gasteiger partial charge in [-0.3, -0.25) is 9.48 Å². The highest BCUT2D eigenvalue weighted by molar-refractivity contribution is 6.31. The van der Waals surface area contributed by atoms with Crippen LogP contribution >= 0.6 is 11.6 Å². The Hall–Kier alpha value is -1.55. The Morgan fingerprint density at radius 3 is 2.93 bits per heavy atom. The Morgan fingerprint density at radius 1 is 1.53 bits per heavy atom. The van der Waals surface area contributed by atoms with Crippen LogP contribution in [0.1, 0.15) is 6.92 Å². The average Bonchev–Trinajstić information content (AvgIpc) is 2.23. The molecule has 0 fully saturated rings. The molecular weight excluding hydrogens is 214 g/mol. The average molecular weight is 224 g/mol. The summed E-state index contributed by atoms with van der Waals surface area (Å²) in [5.41, 5.74) is 5.99. The van der Waals surface area contributed by atoms with E-state index in [4.69, 9.17) is 17.3 Å². The molecule has 2 N–H and O–H groups in total. The molecule has 4 nitrogen and oxygen atoms in total. The predicted octanol–water partition coefficient (Wildman–Crippen LogP) is 1.65. The van der Waals surface area contributed by atoms with Gasteiger partial charge in [0.2, 0.25) is 5.43 Å². The van der Waals surface area contributed by atoms with E-state index in [2.05, 4.69) is 5.10 Å². The molecule has 1 aromatic heterocycles. The van der Waals surface area contributed by atoms with E-state index in [1.54, 1.807) is 22.9 Å². The Kier molecular flexibility index (Phi) is 2.36. The molecule has 0 saturated heterocycles. The number of benzene rings is 1. The van der Waals surface area contributed by atoms with Gasteiger partial charge >= 0.3 is 0 Å². The fourth-order valence-electron chi connectivity index (χ4n) is 1.52. The summed E-state index contributed by atoms with van der Waals surface area (Å²) in [5.74, 6) is 0.0201. The molecule has 0 unspecified atom stereocenters. The van der Waals surface area contributed by atoms with Crippen LogP contribution in [0.5, 0.6) is 0 Å². The van der Waals surface area contributed by atoms with Gasteiger partial charge in [0.15, 0.2) is 5.82 Å². The lowest BCUT2D eigenvalue weighted by Gasteiger charge is -2.07. The Morgan fingerprint density at radius 2 is 2.27 bits per heavy atom. The smallest absolute Gasteiger partial charge is 0.231 e. The van der Waals surface area contributed by atoms with Crippen molar-refractivity contribution >= 4 is 28.3 Å². The maximum Gasteiger partial charge on any atom is 0.231 e. The molecule has 1 heterocycles. The van der Waals surface area contributed by atoms with Crippen molar-refractivity contribution < 1.29 is 0 Å². The first-order valence-electron chi connectivity index (χ1n) is 4.59. The Bertz CT molecular complexity index is 577. The molecule has 1 aromatic carbocycles. The third-order valence-electron chi connectivity index (χ3n) is 2.24. The highest BCUT2D eigenvalue weighted by atomic mass is 35.5. The van der Waals surface area contributed by atoms with E-state index < -0.39 is 0 Å². The number of nitrogens with two attached hydrogens (primary N) is 1. The molecule has 0 spiro atoms. The van der Waals surface area contributed by atoms with Crippen LogP contribution < -0.4 is 11.2 Å². The predicted molar refractivity (Wildman–Crippen MR) is 61.1 cm³/mol. The van der Waals surface area contributed by atoms with E-state index in [0.717, 1.165) is 0 Å². The molecule has 0 atom stereocenters. The SMILES string of the molecule is CCn1nc(N)c(=O)c2ccc(Cl)cc21. The second-order valence-corrected chi connectivity index (χ2v) is 3.63. The monoisotopic (exact) mass is 223 g/mol. The topological polar surface area (TPSA) is 60.9 Å². The van der Waals surface area contributed by atoms with Gasteiger partial charge in [0.25, 0.3) is 0 Å². The lowest BCUT2D eigenvalue weighted by Crippen LogP contribution is -2.17. The number of aryl methyl sites for hydroxylation is 1. The summed E-state index contributed by atoms with van der Waals surface area (Å²) in [6.45, 7) is 2.57. The molecule has 0 bridgehead atoms. The van der Waals surface area contributed by atoms with Crippen LogP contribution in [0.2, 0.25) is 5.02 Å². The molecule has 0 amide bonds. The summed E-state index contributed by atoms with van der Waals surface area (Å²) in [6.07, 6.45) is 0. The zero-order chi connectivity index (χ0) is 11.0. The molecule has 2 aromatic rings. The molecule has 0 aliphatic carbocycles. The summed E-state index contributed by atoms with van der Waals surface area (Å²) in [6, 6.07) is 5.06. The van der Waals surface area contributed by atoms with Gasteiger partial charge in [0, 0.05) is 11.6 Å². The quantitative estimate of drug-likeness (QED) is 0.800. The minimum atomic E-state index is -0.244. The second-order valence-electron chi connectivity index (χ2n) is 3.19. The van der Waals surface area contributed by atoms with E-state index in [1.165, 1.54) is 0 Å². The van der Waals surface area contributed by atoms with E-state index in [0.29, 0.717) is 22.5 Å². The first kappa shape index (κ1) is 9.98. The maximum atomic E-state index is 11.7. The lowest BCUT2D eigenvalue weighted by atomic mass is 10.2. The van der Waals surface area contributed by atoms with Gasteiger partial charge in [0.05, 0.1) is 10.9 Å². The van der Waals surface area contributed by atoms with Gasteiger partial charge in [-0.15, -0.1) is 0 Å². The summed E-state index contributed by atoms with van der Waals surface area (Å²) >= 11 is 5.87. The summed E-state index contributed by atoms with van der Waals surface area (Å²) in [4.78, 5) is 11.7. The minimum absolute atomic E-state index is 0.0201. The summed E-state index contributed by atoms with van der Waals surface area (Å²) < 4.78 is 1.66. The van der Waals surface area contributed by atoms with Crippen molar-refractivity contribution in [1.82, 2.24) is 9.78 Å². The van der Waals surface area contributed by atoms with Gasteiger partial charge < -0.3 is 5.73 Å². The third kappa shape index (κ3) is 1.57. The van der Waals surface area contributed by atoms with Crippen molar-refractivity contribution in [3.8, 4) is 0 Å². The van der Waals surface area contributed by atoms with Crippen LogP contribution in [-0.4, -0.2) is 9.78 Å². The van der Waals surface area contributed by atoms with Gasteiger partial charge in [-0.25, -0.2) is 0 Å². The normalized spacial score (nSPS) is 10.8. The molecule has 15 heavy (non-hydrogen) atoms. The zero-order valence-corrected chi connectivity index (χ0v) is 8.95. The standard InChI is InChI=1S/C10H10ClN3O/c1-2-14-8-5-6(11)3-4-7(8)9(15)10(12)13-14/h3-5H,2H2,1H3,(H2,12,13). The molecule has 0 aliphatic rings. The van der Waals surface area contributed by atoms with E-state index in [1.807, 2.05) is 6.92 Å². The van der Waals surface area contributed by atoms with Crippen molar-refractivity contribution in [2.24, 2.45) is 0 Å². The fraction of sp³-hybridized carbons (Fsp3) is 0.200. The summed E-state index contributed by atoms with van der Waals surface area (Å²) in [7, 11) is 0. The maximum absolute atomic E-state index is 11.7. The van der Waals surface area contributed by atoms with Crippen LogP contribution in [0, 0.1) is 0 Å². The molecule has 5 heteroatoms. The number of hydrogen-bond donors (Lipinski definition) is 1. The molecule has 78 valence electrons. The van der Waals surface area contributed by atoms with Gasteiger partial charge in [0.1, 0.15) is 0 Å². The Balaban J connectivity index is 2.96. The first-order valence-corrected chi connectivity index (χ1v) is 4.97. The number of nitrogen functional groups attached to an aromatic ring is 1. The number of nitrogens with zero attached hydrogens (tertiary/aromatic N) is 2. The number of anilines is 1. The first-order chi connectivity index (χ1) is 7.13. The largest absolute Gasteiger partial charge is 0.379 e. The molecular formula is C10H10ClN3O. The molecule has 2 rings (SSSR count).